The minimum Gasteiger partial charge on any atom is -0.306 e. The quantitative estimate of drug-likeness (QED) is 0.642. The molecule has 0 aliphatic rings. The summed E-state index contributed by atoms with van der Waals surface area (Å²) in [6, 6.07) is 7.71. The normalized spacial score (nSPS) is 10.8. The van der Waals surface area contributed by atoms with Gasteiger partial charge in [0.2, 0.25) is 0 Å². The van der Waals surface area contributed by atoms with Crippen molar-refractivity contribution < 1.29 is 0 Å². The monoisotopic (exact) mass is 229 g/mol. The van der Waals surface area contributed by atoms with Gasteiger partial charge in [0.1, 0.15) is 0 Å². The van der Waals surface area contributed by atoms with Crippen molar-refractivity contribution in [3.05, 3.63) is 54.2 Å². The first-order chi connectivity index (χ1) is 7.86. The molecule has 78 valence electrons. The lowest BCUT2D eigenvalue weighted by atomic mass is 10.2. The summed E-state index contributed by atoms with van der Waals surface area (Å²) < 4.78 is 1.94. The third kappa shape index (κ3) is 1.37. The molecular weight excluding hydrogens is 222 g/mol. The molecule has 16 heavy (non-hydrogen) atoms. The van der Waals surface area contributed by atoms with Gasteiger partial charge >= 0.3 is 0 Å². The first-order valence-corrected chi connectivity index (χ1v) is 5.25. The fourth-order valence-corrected chi connectivity index (χ4v) is 1.98. The van der Waals surface area contributed by atoms with Crippen LogP contribution in [0.2, 0.25) is 5.02 Å². The summed E-state index contributed by atoms with van der Waals surface area (Å²) in [7, 11) is 0. The third-order valence-corrected chi connectivity index (χ3v) is 2.79. The van der Waals surface area contributed by atoms with Crippen molar-refractivity contribution in [2.45, 2.75) is 0 Å². The molecule has 3 aromatic rings. The van der Waals surface area contributed by atoms with Crippen molar-refractivity contribution in [3.8, 4) is 5.69 Å². The molecule has 0 unspecified atom stereocenters. The predicted molar refractivity (Wildman–Crippen MR) is 63.9 cm³/mol. The van der Waals surface area contributed by atoms with Gasteiger partial charge < -0.3 is 4.57 Å². The van der Waals surface area contributed by atoms with Crippen molar-refractivity contribution in [1.82, 2.24) is 14.5 Å². The van der Waals surface area contributed by atoms with Crippen molar-refractivity contribution >= 4 is 22.5 Å². The van der Waals surface area contributed by atoms with Gasteiger partial charge in [-0.2, -0.15) is 0 Å². The molecule has 2 heterocycles. The van der Waals surface area contributed by atoms with Crippen LogP contribution in [0.15, 0.2) is 49.2 Å². The summed E-state index contributed by atoms with van der Waals surface area (Å²) in [5.41, 5.74) is 1.85. The Morgan fingerprint density at radius 1 is 1.12 bits per heavy atom. The maximum atomic E-state index is 6.10. The molecule has 0 saturated carbocycles. The van der Waals surface area contributed by atoms with Crippen molar-refractivity contribution in [2.24, 2.45) is 0 Å². The second-order valence-electron chi connectivity index (χ2n) is 3.44. The Morgan fingerprint density at radius 2 is 2.06 bits per heavy atom. The summed E-state index contributed by atoms with van der Waals surface area (Å²) in [6.07, 6.45) is 7.16. The third-order valence-electron chi connectivity index (χ3n) is 2.48. The summed E-state index contributed by atoms with van der Waals surface area (Å²) in [5, 5.41) is 1.69. The number of para-hydroxylation sites is 1. The average molecular weight is 230 g/mol. The van der Waals surface area contributed by atoms with Crippen LogP contribution >= 0.6 is 11.6 Å². The minimum absolute atomic E-state index is 0.666. The highest BCUT2D eigenvalue weighted by Gasteiger charge is 2.05. The summed E-state index contributed by atoms with van der Waals surface area (Å²) >= 11 is 6.10. The van der Waals surface area contributed by atoms with Crippen molar-refractivity contribution in [2.75, 3.05) is 0 Å². The molecule has 0 radical (unpaired) electrons. The number of fused-ring (bicyclic) bond motifs is 1. The molecule has 0 N–H and O–H groups in total. The molecule has 4 heteroatoms. The second-order valence-corrected chi connectivity index (χ2v) is 3.84. The molecule has 3 nitrogen and oxygen atoms in total. The molecule has 0 atom stereocenters. The maximum Gasteiger partial charge on any atom is 0.0991 e. The highest BCUT2D eigenvalue weighted by atomic mass is 35.5. The van der Waals surface area contributed by atoms with Crippen molar-refractivity contribution in [1.29, 1.82) is 0 Å². The van der Waals surface area contributed by atoms with Crippen molar-refractivity contribution in [3.63, 3.8) is 0 Å². The number of imidazole rings is 1. The number of aromatic nitrogens is 3. The number of nitrogens with zero attached hydrogens (tertiary/aromatic N) is 3. The minimum atomic E-state index is 0.666. The molecule has 0 amide bonds. The van der Waals surface area contributed by atoms with E-state index >= 15 is 0 Å². The molecule has 0 saturated heterocycles. The van der Waals surface area contributed by atoms with E-state index in [0.29, 0.717) is 5.02 Å². The Morgan fingerprint density at radius 3 is 2.88 bits per heavy atom. The zero-order valence-electron chi connectivity index (χ0n) is 8.34. The smallest absolute Gasteiger partial charge is 0.0991 e. The zero-order valence-corrected chi connectivity index (χ0v) is 9.09. The Hall–Kier alpha value is -1.87. The lowest BCUT2D eigenvalue weighted by Crippen LogP contribution is -1.93. The van der Waals surface area contributed by atoms with Gasteiger partial charge in [-0.15, -0.1) is 0 Å². The SMILES string of the molecule is Clc1cccc2c(-n3ccnc3)ccnc12. The molecule has 0 aliphatic heterocycles. The Labute approximate surface area is 97.3 Å². The summed E-state index contributed by atoms with van der Waals surface area (Å²) in [5.74, 6) is 0. The molecule has 0 aliphatic carbocycles. The Balaban J connectivity index is 2.38. The predicted octanol–water partition coefficient (Wildman–Crippen LogP) is 3.07. The molecule has 0 spiro atoms. The number of pyridine rings is 1. The van der Waals surface area contributed by atoms with Crippen LogP contribution in [-0.2, 0) is 0 Å². The number of hydrogen-bond donors (Lipinski definition) is 0. The van der Waals surface area contributed by atoms with E-state index in [-0.39, 0.29) is 0 Å². The van der Waals surface area contributed by atoms with E-state index in [2.05, 4.69) is 9.97 Å². The van der Waals surface area contributed by atoms with Crippen LogP contribution in [0.5, 0.6) is 0 Å². The van der Waals surface area contributed by atoms with E-state index < -0.39 is 0 Å². The van der Waals surface area contributed by atoms with Gasteiger partial charge in [-0.05, 0) is 12.1 Å². The van der Waals surface area contributed by atoms with E-state index in [0.717, 1.165) is 16.6 Å². The summed E-state index contributed by atoms with van der Waals surface area (Å²) in [6.45, 7) is 0. The topological polar surface area (TPSA) is 30.7 Å². The zero-order chi connectivity index (χ0) is 11.0. The highest BCUT2D eigenvalue weighted by molar-refractivity contribution is 6.35. The molecule has 3 rings (SSSR count). The van der Waals surface area contributed by atoms with Gasteiger partial charge in [-0.3, -0.25) is 4.98 Å². The van der Waals surface area contributed by atoms with Gasteiger partial charge in [-0.25, -0.2) is 4.98 Å². The van der Waals surface area contributed by atoms with Crippen LogP contribution in [0.3, 0.4) is 0 Å². The number of halogens is 1. The van der Waals surface area contributed by atoms with Crippen LogP contribution in [0.4, 0.5) is 0 Å². The highest BCUT2D eigenvalue weighted by Crippen LogP contribution is 2.25. The molecular formula is C12H8ClN3. The van der Waals surface area contributed by atoms with Gasteiger partial charge in [0, 0.05) is 24.0 Å². The number of rotatable bonds is 1. The van der Waals surface area contributed by atoms with Gasteiger partial charge in [0.25, 0.3) is 0 Å². The average Bonchev–Trinajstić information content (AvgIpc) is 2.82. The Kier molecular flexibility index (Phi) is 2.11. The number of benzene rings is 1. The van der Waals surface area contributed by atoms with Gasteiger partial charge in [0.05, 0.1) is 22.6 Å². The first kappa shape index (κ1) is 9.36. The second kappa shape index (κ2) is 3.61. The van der Waals surface area contributed by atoms with E-state index in [4.69, 9.17) is 11.6 Å². The molecule has 2 aromatic heterocycles. The Bertz CT molecular complexity index is 632. The fourth-order valence-electron chi connectivity index (χ4n) is 1.75. The first-order valence-electron chi connectivity index (χ1n) is 4.88. The standard InChI is InChI=1S/C12H8ClN3/c13-10-3-1-2-9-11(4-5-15-12(9)10)16-7-6-14-8-16/h1-8H. The van der Waals surface area contributed by atoms with E-state index in [9.17, 15) is 0 Å². The molecule has 0 bridgehead atoms. The lowest BCUT2D eigenvalue weighted by molar-refractivity contribution is 1.06. The summed E-state index contributed by atoms with van der Waals surface area (Å²) in [4.78, 5) is 8.32. The van der Waals surface area contributed by atoms with Gasteiger partial charge in [-0.1, -0.05) is 23.7 Å². The molecule has 1 aromatic carbocycles. The fraction of sp³-hybridized carbons (Fsp3) is 0. The maximum absolute atomic E-state index is 6.10. The van der Waals surface area contributed by atoms with Crippen LogP contribution in [-0.4, -0.2) is 14.5 Å². The molecule has 0 fully saturated rings. The van der Waals surface area contributed by atoms with Crippen LogP contribution in [0.25, 0.3) is 16.6 Å². The van der Waals surface area contributed by atoms with Crippen LogP contribution < -0.4 is 0 Å². The van der Waals surface area contributed by atoms with E-state index in [1.54, 1.807) is 18.7 Å². The van der Waals surface area contributed by atoms with Crippen LogP contribution in [0, 0.1) is 0 Å². The van der Waals surface area contributed by atoms with Crippen LogP contribution in [0.1, 0.15) is 0 Å². The van der Waals surface area contributed by atoms with Gasteiger partial charge in [0.15, 0.2) is 0 Å². The number of hydrogen-bond acceptors (Lipinski definition) is 2. The van der Waals surface area contributed by atoms with E-state index in [1.807, 2.05) is 35.0 Å². The van der Waals surface area contributed by atoms with E-state index in [1.165, 1.54) is 0 Å². The lowest BCUT2D eigenvalue weighted by Gasteiger charge is -2.06. The largest absolute Gasteiger partial charge is 0.306 e.